The first kappa shape index (κ1) is 20.5. The number of aryl methyl sites for hydroxylation is 2. The number of carboxylic acids is 1. The smallest absolute Gasteiger partial charge is 0.477 e. The van der Waals surface area contributed by atoms with E-state index in [0.717, 1.165) is 34.1 Å². The summed E-state index contributed by atoms with van der Waals surface area (Å²) >= 11 is 7.43. The fourth-order valence-electron chi connectivity index (χ4n) is 1.95. The van der Waals surface area contributed by atoms with Crippen molar-refractivity contribution >= 4 is 39.0 Å². The molecular formula is C16H20ClLiO2S. The molecule has 0 amide bonds. The fourth-order valence-corrected chi connectivity index (χ4v) is 3.31. The van der Waals surface area contributed by atoms with Crippen LogP contribution in [0.2, 0.25) is 5.02 Å². The molecule has 1 aromatic heterocycles. The van der Waals surface area contributed by atoms with Crippen molar-refractivity contribution in [1.29, 1.82) is 0 Å². The molecular weight excluding hydrogens is 299 g/mol. The molecule has 5 heteroatoms. The minimum Gasteiger partial charge on any atom is -0.477 e. The zero-order chi connectivity index (χ0) is 15.3. The Morgan fingerprint density at radius 2 is 1.95 bits per heavy atom. The number of halogens is 1. The molecule has 0 unspecified atom stereocenters. The Bertz CT molecular complexity index is 606. The molecule has 1 N–H and O–H groups in total. The molecule has 2 rings (SSSR count). The molecule has 0 aliphatic heterocycles. The Balaban J connectivity index is 0.000000715. The maximum atomic E-state index is 11.1. The Hall–Kier alpha value is -0.463. The molecule has 1 aromatic carbocycles. The molecule has 0 radical (unpaired) electrons. The van der Waals surface area contributed by atoms with Crippen molar-refractivity contribution in [3.05, 3.63) is 40.1 Å². The van der Waals surface area contributed by atoms with Crippen molar-refractivity contribution < 1.29 is 28.8 Å². The summed E-state index contributed by atoms with van der Waals surface area (Å²) < 4.78 is 0.996. The van der Waals surface area contributed by atoms with Crippen molar-refractivity contribution in [1.82, 2.24) is 0 Å². The molecule has 0 saturated heterocycles. The van der Waals surface area contributed by atoms with Crippen molar-refractivity contribution in [2.45, 2.75) is 40.0 Å². The van der Waals surface area contributed by atoms with Crippen LogP contribution in [-0.2, 0) is 6.42 Å². The summed E-state index contributed by atoms with van der Waals surface area (Å²) in [5.41, 5.74) is 1.87. The van der Waals surface area contributed by atoms with Gasteiger partial charge in [-0.3, -0.25) is 0 Å². The van der Waals surface area contributed by atoms with Crippen LogP contribution in [0.4, 0.5) is 0 Å². The Labute approximate surface area is 147 Å². The number of aromatic carboxylic acids is 1. The average Bonchev–Trinajstić information content (AvgIpc) is 2.77. The predicted molar refractivity (Wildman–Crippen MR) is 88.2 cm³/mol. The Kier molecular flexibility index (Phi) is 9.32. The summed E-state index contributed by atoms with van der Waals surface area (Å²) in [4.78, 5) is 11.5. The maximum absolute atomic E-state index is 11.1. The first-order chi connectivity index (χ1) is 9.47. The van der Waals surface area contributed by atoms with E-state index in [1.54, 1.807) is 0 Å². The van der Waals surface area contributed by atoms with E-state index in [0.29, 0.717) is 9.90 Å². The molecule has 0 spiro atoms. The van der Waals surface area contributed by atoms with E-state index in [-0.39, 0.29) is 18.9 Å². The van der Waals surface area contributed by atoms with Gasteiger partial charge in [0, 0.05) is 15.1 Å². The SMILES string of the molecule is CCc1c(Cl)ccc2sc(C(=O)O)c(C)c12.[CH2-]CCC.[Li+]. The van der Waals surface area contributed by atoms with Crippen molar-refractivity contribution in [3.63, 3.8) is 0 Å². The number of hydrogen-bond acceptors (Lipinski definition) is 2. The first-order valence-electron chi connectivity index (χ1n) is 6.70. The molecule has 0 fully saturated rings. The third-order valence-corrected chi connectivity index (χ3v) is 4.65. The normalized spacial score (nSPS) is 9.76. The van der Waals surface area contributed by atoms with Gasteiger partial charge in [-0.2, -0.15) is 6.42 Å². The van der Waals surface area contributed by atoms with Crippen LogP contribution in [0.1, 0.15) is 47.5 Å². The Morgan fingerprint density at radius 1 is 1.38 bits per heavy atom. The number of thiophene rings is 1. The third-order valence-electron chi connectivity index (χ3n) is 3.05. The molecule has 0 bridgehead atoms. The number of carboxylic acid groups (broad SMARTS) is 1. The average molecular weight is 319 g/mol. The van der Waals surface area contributed by atoms with Gasteiger partial charge in [-0.05, 0) is 36.6 Å². The molecule has 2 nitrogen and oxygen atoms in total. The van der Waals surface area contributed by atoms with Crippen LogP contribution in [-0.4, -0.2) is 11.1 Å². The van der Waals surface area contributed by atoms with E-state index < -0.39 is 5.97 Å². The minimum absolute atomic E-state index is 0. The van der Waals surface area contributed by atoms with Crippen LogP contribution in [0.5, 0.6) is 0 Å². The van der Waals surface area contributed by atoms with Gasteiger partial charge in [-0.1, -0.05) is 31.9 Å². The minimum atomic E-state index is -0.864. The number of unbranched alkanes of at least 4 members (excludes halogenated alkanes) is 1. The molecule has 0 aliphatic carbocycles. The standard InChI is InChI=1S/C12H11ClO2S.C4H9.Li/c1-3-7-8(13)4-5-9-10(7)6(2)11(16-9)12(14)15;1-3-4-2;/h4-5H,3H2,1-2H3,(H,14,15);1,3-4H2,2H3;/q;-1;+1. The van der Waals surface area contributed by atoms with Crippen LogP contribution in [0.3, 0.4) is 0 Å². The second-order valence-electron chi connectivity index (χ2n) is 4.47. The van der Waals surface area contributed by atoms with Gasteiger partial charge in [0.25, 0.3) is 0 Å². The number of rotatable bonds is 3. The van der Waals surface area contributed by atoms with Gasteiger partial charge in [0.2, 0.25) is 0 Å². The first-order valence-corrected chi connectivity index (χ1v) is 7.90. The number of carbonyl (C=O) groups is 1. The molecule has 21 heavy (non-hydrogen) atoms. The van der Waals surface area contributed by atoms with Gasteiger partial charge in [-0.15, -0.1) is 11.3 Å². The van der Waals surface area contributed by atoms with Crippen molar-refractivity contribution in [2.24, 2.45) is 0 Å². The van der Waals surface area contributed by atoms with Crippen LogP contribution in [0, 0.1) is 13.8 Å². The summed E-state index contributed by atoms with van der Waals surface area (Å²) in [5.74, 6) is -0.864. The van der Waals surface area contributed by atoms with Gasteiger partial charge in [0.15, 0.2) is 0 Å². The monoisotopic (exact) mass is 318 g/mol. The number of benzene rings is 1. The number of fused-ring (bicyclic) bond motifs is 1. The second kappa shape index (κ2) is 9.53. The van der Waals surface area contributed by atoms with Crippen LogP contribution >= 0.6 is 22.9 Å². The summed E-state index contributed by atoms with van der Waals surface area (Å²) in [5, 5.41) is 10.8. The van der Waals surface area contributed by atoms with E-state index in [1.165, 1.54) is 17.8 Å². The van der Waals surface area contributed by atoms with Gasteiger partial charge in [-0.25, -0.2) is 4.79 Å². The maximum Gasteiger partial charge on any atom is 1.00 e. The number of hydrogen-bond donors (Lipinski definition) is 1. The molecule has 1 heterocycles. The Morgan fingerprint density at radius 3 is 2.38 bits per heavy atom. The van der Waals surface area contributed by atoms with Gasteiger partial charge in [0.05, 0.1) is 0 Å². The summed E-state index contributed by atoms with van der Waals surface area (Å²) in [6.07, 6.45) is 3.09. The molecule has 110 valence electrons. The fraction of sp³-hybridized carbons (Fsp3) is 0.375. The van der Waals surface area contributed by atoms with Crippen molar-refractivity contribution in [2.75, 3.05) is 0 Å². The molecule has 0 saturated carbocycles. The summed E-state index contributed by atoms with van der Waals surface area (Å²) in [6, 6.07) is 3.73. The third kappa shape index (κ3) is 4.76. The van der Waals surface area contributed by atoms with Crippen LogP contribution in [0.15, 0.2) is 12.1 Å². The van der Waals surface area contributed by atoms with Crippen molar-refractivity contribution in [3.8, 4) is 0 Å². The van der Waals surface area contributed by atoms with Gasteiger partial charge >= 0.3 is 24.8 Å². The molecule has 0 aliphatic rings. The van der Waals surface area contributed by atoms with Crippen LogP contribution < -0.4 is 18.9 Å². The molecule has 2 aromatic rings. The van der Waals surface area contributed by atoms with E-state index in [2.05, 4.69) is 13.8 Å². The zero-order valence-corrected chi connectivity index (χ0v) is 14.7. The largest absolute Gasteiger partial charge is 1.00 e. The summed E-state index contributed by atoms with van der Waals surface area (Å²) in [6.45, 7) is 9.59. The summed E-state index contributed by atoms with van der Waals surface area (Å²) in [7, 11) is 0. The second-order valence-corrected chi connectivity index (χ2v) is 5.93. The van der Waals surface area contributed by atoms with E-state index in [4.69, 9.17) is 16.7 Å². The van der Waals surface area contributed by atoms with Crippen LogP contribution in [0.25, 0.3) is 10.1 Å². The van der Waals surface area contributed by atoms with E-state index >= 15 is 0 Å². The predicted octanol–water partition coefficient (Wildman–Crippen LogP) is 2.75. The van der Waals surface area contributed by atoms with Gasteiger partial charge in [0.1, 0.15) is 4.88 Å². The zero-order valence-electron chi connectivity index (χ0n) is 13.1. The van der Waals surface area contributed by atoms with E-state index in [9.17, 15) is 4.79 Å². The van der Waals surface area contributed by atoms with Gasteiger partial charge < -0.3 is 12.0 Å². The van der Waals surface area contributed by atoms with E-state index in [1.807, 2.05) is 26.0 Å². The molecule has 0 atom stereocenters. The quantitative estimate of drug-likeness (QED) is 0.698. The topological polar surface area (TPSA) is 37.3 Å².